The molecule has 0 aromatic carbocycles. The van der Waals surface area contributed by atoms with Crippen molar-refractivity contribution >= 4 is 0 Å². The van der Waals surface area contributed by atoms with Gasteiger partial charge < -0.3 is 10.2 Å². The van der Waals surface area contributed by atoms with Gasteiger partial charge in [-0.1, -0.05) is 20.3 Å². The van der Waals surface area contributed by atoms with Crippen molar-refractivity contribution in [1.82, 2.24) is 10.2 Å². The molecule has 2 nitrogen and oxygen atoms in total. The minimum atomic E-state index is 0.700. The number of hydrogen-bond acceptors (Lipinski definition) is 2. The van der Waals surface area contributed by atoms with Crippen LogP contribution in [0.4, 0.5) is 0 Å². The highest BCUT2D eigenvalue weighted by Gasteiger charge is 2.14. The lowest BCUT2D eigenvalue weighted by Crippen LogP contribution is -2.33. The molecule has 0 bridgehead atoms. The molecular weight excluding hydrogens is 196 g/mol. The van der Waals surface area contributed by atoms with E-state index in [2.05, 4.69) is 31.0 Å². The molecule has 2 heteroatoms. The van der Waals surface area contributed by atoms with E-state index in [1.165, 1.54) is 51.7 Å². The summed E-state index contributed by atoms with van der Waals surface area (Å²) in [5, 5.41) is 3.48. The van der Waals surface area contributed by atoms with Gasteiger partial charge in [-0.25, -0.2) is 0 Å². The summed E-state index contributed by atoms with van der Waals surface area (Å²) < 4.78 is 0. The van der Waals surface area contributed by atoms with Crippen LogP contribution in [0.1, 0.15) is 52.9 Å². The van der Waals surface area contributed by atoms with E-state index in [1.807, 2.05) is 0 Å². The third-order valence-electron chi connectivity index (χ3n) is 3.79. The number of unbranched alkanes of at least 4 members (excludes halogenated alkanes) is 1. The average Bonchev–Trinajstić information content (AvgIpc) is 2.27. The fourth-order valence-corrected chi connectivity index (χ4v) is 2.52. The van der Waals surface area contributed by atoms with Crippen molar-refractivity contribution in [3.05, 3.63) is 0 Å². The van der Waals surface area contributed by atoms with Crippen LogP contribution in [0.2, 0.25) is 0 Å². The van der Waals surface area contributed by atoms with E-state index in [0.717, 1.165) is 12.5 Å². The Balaban J connectivity index is 1.95. The monoisotopic (exact) mass is 226 g/mol. The van der Waals surface area contributed by atoms with Crippen LogP contribution >= 0.6 is 0 Å². The van der Waals surface area contributed by atoms with Crippen molar-refractivity contribution in [3.63, 3.8) is 0 Å². The smallest absolute Gasteiger partial charge is 0.00386 e. The second-order valence-electron chi connectivity index (χ2n) is 5.48. The molecule has 96 valence electrons. The molecular formula is C14H30N2. The van der Waals surface area contributed by atoms with Gasteiger partial charge in [0.05, 0.1) is 0 Å². The lowest BCUT2D eigenvalue weighted by molar-refractivity contribution is 0.188. The summed E-state index contributed by atoms with van der Waals surface area (Å²) in [7, 11) is 0. The maximum Gasteiger partial charge on any atom is 0.00386 e. The molecule has 1 aliphatic rings. The zero-order valence-electron chi connectivity index (χ0n) is 11.5. The Kier molecular flexibility index (Phi) is 7.06. The molecule has 0 radical (unpaired) electrons. The highest BCUT2D eigenvalue weighted by Crippen LogP contribution is 2.16. The lowest BCUT2D eigenvalue weighted by atomic mass is 9.99. The number of rotatable bonds is 7. The first kappa shape index (κ1) is 14.0. The first-order valence-corrected chi connectivity index (χ1v) is 7.18. The molecule has 1 N–H and O–H groups in total. The first-order valence-electron chi connectivity index (χ1n) is 7.18. The summed E-state index contributed by atoms with van der Waals surface area (Å²) in [6, 6.07) is 0.700. The molecule has 16 heavy (non-hydrogen) atoms. The molecule has 1 aliphatic heterocycles. The van der Waals surface area contributed by atoms with Gasteiger partial charge in [-0.3, -0.25) is 0 Å². The fourth-order valence-electron chi connectivity index (χ4n) is 2.52. The Labute approximate surface area is 102 Å². The van der Waals surface area contributed by atoms with Gasteiger partial charge in [0.2, 0.25) is 0 Å². The van der Waals surface area contributed by atoms with E-state index in [4.69, 9.17) is 0 Å². The van der Waals surface area contributed by atoms with Crippen molar-refractivity contribution in [3.8, 4) is 0 Å². The maximum atomic E-state index is 3.48. The summed E-state index contributed by atoms with van der Waals surface area (Å²) in [5.41, 5.74) is 0. The maximum absolute atomic E-state index is 3.48. The van der Waals surface area contributed by atoms with Crippen LogP contribution in [0.3, 0.4) is 0 Å². The average molecular weight is 226 g/mol. The van der Waals surface area contributed by atoms with Gasteiger partial charge in [-0.15, -0.1) is 0 Å². The Morgan fingerprint density at radius 3 is 2.56 bits per heavy atom. The molecule has 1 atom stereocenters. The lowest BCUT2D eigenvalue weighted by Gasteiger charge is -2.30. The van der Waals surface area contributed by atoms with E-state index in [0.29, 0.717) is 6.04 Å². The van der Waals surface area contributed by atoms with Gasteiger partial charge in [-0.05, 0) is 64.7 Å². The van der Waals surface area contributed by atoms with Crippen LogP contribution in [0.5, 0.6) is 0 Å². The van der Waals surface area contributed by atoms with Crippen molar-refractivity contribution < 1.29 is 0 Å². The quantitative estimate of drug-likeness (QED) is 0.672. The zero-order valence-corrected chi connectivity index (χ0v) is 11.5. The highest BCUT2D eigenvalue weighted by molar-refractivity contribution is 4.69. The number of nitrogens with one attached hydrogen (secondary N) is 1. The Morgan fingerprint density at radius 2 is 1.94 bits per heavy atom. The van der Waals surface area contributed by atoms with Gasteiger partial charge in [-0.2, -0.15) is 0 Å². The molecule has 1 saturated heterocycles. The van der Waals surface area contributed by atoms with Crippen LogP contribution in [-0.2, 0) is 0 Å². The number of likely N-dealkylation sites (tertiary alicyclic amines) is 1. The van der Waals surface area contributed by atoms with Gasteiger partial charge >= 0.3 is 0 Å². The Hall–Kier alpha value is -0.0800. The van der Waals surface area contributed by atoms with Gasteiger partial charge in [0.25, 0.3) is 0 Å². The summed E-state index contributed by atoms with van der Waals surface area (Å²) in [6.07, 6.45) is 6.91. The second-order valence-corrected chi connectivity index (χ2v) is 5.48. The Bertz CT molecular complexity index is 162. The van der Waals surface area contributed by atoms with E-state index in [-0.39, 0.29) is 0 Å². The van der Waals surface area contributed by atoms with Crippen LogP contribution in [0.25, 0.3) is 0 Å². The third-order valence-corrected chi connectivity index (χ3v) is 3.79. The molecule has 0 amide bonds. The molecule has 1 heterocycles. The largest absolute Gasteiger partial charge is 0.315 e. The van der Waals surface area contributed by atoms with Crippen molar-refractivity contribution in [1.29, 1.82) is 0 Å². The van der Waals surface area contributed by atoms with Gasteiger partial charge in [0.1, 0.15) is 0 Å². The predicted octanol–water partition coefficient (Wildman–Crippen LogP) is 2.89. The van der Waals surface area contributed by atoms with E-state index < -0.39 is 0 Å². The first-order chi connectivity index (χ1) is 7.72. The Morgan fingerprint density at radius 1 is 1.25 bits per heavy atom. The molecule has 0 saturated carbocycles. The molecule has 0 aromatic heterocycles. The normalized spacial score (nSPS) is 21.2. The highest BCUT2D eigenvalue weighted by atomic mass is 15.1. The van der Waals surface area contributed by atoms with Crippen molar-refractivity contribution in [2.24, 2.45) is 5.92 Å². The molecule has 1 fully saturated rings. The van der Waals surface area contributed by atoms with E-state index >= 15 is 0 Å². The molecule has 1 unspecified atom stereocenters. The summed E-state index contributed by atoms with van der Waals surface area (Å²) in [4.78, 5) is 2.65. The van der Waals surface area contributed by atoms with E-state index in [1.54, 1.807) is 0 Å². The summed E-state index contributed by atoms with van der Waals surface area (Å²) in [6.45, 7) is 12.0. The standard InChI is InChI=1S/C14H30N2/c1-4-15-14(3)7-5-6-10-16-11-8-13(2)9-12-16/h13-15H,4-12H2,1-3H3. The minimum Gasteiger partial charge on any atom is -0.315 e. The molecule has 0 aromatic rings. The second kappa shape index (κ2) is 8.08. The fraction of sp³-hybridized carbons (Fsp3) is 1.00. The zero-order chi connectivity index (χ0) is 11.8. The number of nitrogens with zero attached hydrogens (tertiary/aromatic N) is 1. The third kappa shape index (κ3) is 5.86. The predicted molar refractivity (Wildman–Crippen MR) is 71.8 cm³/mol. The number of piperidine rings is 1. The van der Waals surface area contributed by atoms with Crippen LogP contribution in [0, 0.1) is 5.92 Å². The van der Waals surface area contributed by atoms with Crippen LogP contribution in [-0.4, -0.2) is 37.1 Å². The van der Waals surface area contributed by atoms with Crippen LogP contribution in [0.15, 0.2) is 0 Å². The molecule has 1 rings (SSSR count). The summed E-state index contributed by atoms with van der Waals surface area (Å²) in [5.74, 6) is 0.963. The van der Waals surface area contributed by atoms with Gasteiger partial charge in [0, 0.05) is 6.04 Å². The minimum absolute atomic E-state index is 0.700. The van der Waals surface area contributed by atoms with Crippen molar-refractivity contribution in [2.75, 3.05) is 26.2 Å². The molecule has 0 aliphatic carbocycles. The summed E-state index contributed by atoms with van der Waals surface area (Å²) >= 11 is 0. The number of hydrogen-bond donors (Lipinski definition) is 1. The van der Waals surface area contributed by atoms with E-state index in [9.17, 15) is 0 Å². The van der Waals surface area contributed by atoms with Crippen molar-refractivity contribution in [2.45, 2.75) is 58.9 Å². The molecule has 0 spiro atoms. The topological polar surface area (TPSA) is 15.3 Å². The van der Waals surface area contributed by atoms with Crippen LogP contribution < -0.4 is 5.32 Å². The SMILES string of the molecule is CCNC(C)CCCCN1CCC(C)CC1. The van der Waals surface area contributed by atoms with Gasteiger partial charge in [0.15, 0.2) is 0 Å².